The Morgan fingerprint density at radius 2 is 1.80 bits per heavy atom. The summed E-state index contributed by atoms with van der Waals surface area (Å²) in [7, 11) is 0. The molecule has 0 unspecified atom stereocenters. The molecule has 1 N–H and O–H groups in total. The van der Waals surface area contributed by atoms with Gasteiger partial charge in [0.2, 0.25) is 0 Å². The van der Waals surface area contributed by atoms with E-state index in [4.69, 9.17) is 9.47 Å². The molecule has 0 bridgehead atoms. The average molecular weight is 347 g/mol. The van der Waals surface area contributed by atoms with Crippen LogP contribution in [0.2, 0.25) is 0 Å². The lowest BCUT2D eigenvalue weighted by molar-refractivity contribution is -0.193. The zero-order valence-electron chi connectivity index (χ0n) is 15.0. The van der Waals surface area contributed by atoms with Crippen molar-refractivity contribution in [2.45, 2.75) is 46.4 Å². The highest BCUT2D eigenvalue weighted by atomic mass is 16.6. The first-order valence-corrected chi connectivity index (χ1v) is 8.52. The van der Waals surface area contributed by atoms with Crippen molar-refractivity contribution in [3.63, 3.8) is 0 Å². The lowest BCUT2D eigenvalue weighted by Crippen LogP contribution is -2.59. The fourth-order valence-electron chi connectivity index (χ4n) is 2.72. The molecular formula is C19H25NO5. The van der Waals surface area contributed by atoms with Gasteiger partial charge in [-0.05, 0) is 17.4 Å². The molecular weight excluding hydrogens is 322 g/mol. The van der Waals surface area contributed by atoms with E-state index in [0.29, 0.717) is 0 Å². The number of cyclic esters (lactones) is 1. The van der Waals surface area contributed by atoms with Crippen LogP contribution < -0.4 is 5.32 Å². The lowest BCUT2D eigenvalue weighted by atomic mass is 9.85. The summed E-state index contributed by atoms with van der Waals surface area (Å²) in [5.41, 5.74) is 0.873. The minimum atomic E-state index is -0.837. The summed E-state index contributed by atoms with van der Waals surface area (Å²) in [6.07, 6.45) is -0.837. The van der Waals surface area contributed by atoms with Gasteiger partial charge in [0.25, 0.3) is 5.91 Å². The van der Waals surface area contributed by atoms with Gasteiger partial charge in [-0.1, -0.05) is 58.0 Å². The number of ether oxygens (including phenoxy) is 2. The van der Waals surface area contributed by atoms with Crippen LogP contribution in [-0.4, -0.2) is 30.0 Å². The predicted molar refractivity (Wildman–Crippen MR) is 91.2 cm³/mol. The topological polar surface area (TPSA) is 81.7 Å². The van der Waals surface area contributed by atoms with Gasteiger partial charge in [0, 0.05) is 0 Å². The van der Waals surface area contributed by atoms with Gasteiger partial charge in [0.1, 0.15) is 18.6 Å². The summed E-state index contributed by atoms with van der Waals surface area (Å²) >= 11 is 0. The first-order chi connectivity index (χ1) is 11.8. The standard InChI is InChI=1S/C19H25NO5/c1-11(2)14-16(25-18(14)22)17(21)20-15(12(3)4)19(23)24-10-13-8-6-5-7-9-13/h5-9,11-12,14-16H,10H2,1-4H3,(H,20,21)/t14-,15-,16+/m0/s1. The Labute approximate surface area is 147 Å². The molecule has 0 radical (unpaired) electrons. The van der Waals surface area contributed by atoms with Crippen molar-refractivity contribution in [1.82, 2.24) is 5.32 Å². The highest BCUT2D eigenvalue weighted by molar-refractivity contribution is 5.96. The van der Waals surface area contributed by atoms with Gasteiger partial charge in [-0.2, -0.15) is 0 Å². The van der Waals surface area contributed by atoms with Crippen LogP contribution in [0.5, 0.6) is 0 Å². The van der Waals surface area contributed by atoms with Crippen LogP contribution in [0.1, 0.15) is 33.3 Å². The Morgan fingerprint density at radius 3 is 2.32 bits per heavy atom. The van der Waals surface area contributed by atoms with E-state index in [1.54, 1.807) is 0 Å². The maximum absolute atomic E-state index is 12.4. The quantitative estimate of drug-likeness (QED) is 0.764. The first-order valence-electron chi connectivity index (χ1n) is 8.52. The van der Waals surface area contributed by atoms with Crippen molar-refractivity contribution in [2.75, 3.05) is 0 Å². The van der Waals surface area contributed by atoms with Crippen LogP contribution in [0.25, 0.3) is 0 Å². The Kier molecular flexibility index (Phi) is 6.17. The molecule has 0 aliphatic carbocycles. The molecule has 1 aromatic rings. The van der Waals surface area contributed by atoms with E-state index in [2.05, 4.69) is 5.32 Å². The number of nitrogens with one attached hydrogen (secondary N) is 1. The molecule has 1 amide bonds. The molecule has 0 aromatic heterocycles. The number of carbonyl (C=O) groups excluding carboxylic acids is 3. The summed E-state index contributed by atoms with van der Waals surface area (Å²) in [5.74, 6) is -1.94. The maximum Gasteiger partial charge on any atom is 0.329 e. The Morgan fingerprint density at radius 1 is 1.16 bits per heavy atom. The normalized spacial score (nSPS) is 20.6. The molecule has 25 heavy (non-hydrogen) atoms. The summed E-state index contributed by atoms with van der Waals surface area (Å²) in [6, 6.07) is 8.54. The summed E-state index contributed by atoms with van der Waals surface area (Å²) in [4.78, 5) is 36.2. The molecule has 1 fully saturated rings. The third kappa shape index (κ3) is 4.59. The zero-order chi connectivity index (χ0) is 18.6. The number of benzene rings is 1. The predicted octanol–water partition coefficient (Wildman–Crippen LogP) is 2.07. The Bertz CT molecular complexity index is 626. The van der Waals surface area contributed by atoms with Crippen molar-refractivity contribution in [3.8, 4) is 0 Å². The smallest absolute Gasteiger partial charge is 0.329 e. The average Bonchev–Trinajstić information content (AvgIpc) is 2.55. The third-order valence-corrected chi connectivity index (χ3v) is 4.26. The number of hydrogen-bond acceptors (Lipinski definition) is 5. The van der Waals surface area contributed by atoms with Gasteiger partial charge >= 0.3 is 11.9 Å². The van der Waals surface area contributed by atoms with E-state index in [1.165, 1.54) is 0 Å². The van der Waals surface area contributed by atoms with Crippen LogP contribution in [-0.2, 0) is 30.5 Å². The minimum absolute atomic E-state index is 0.000433. The number of rotatable bonds is 7. The van der Waals surface area contributed by atoms with Crippen LogP contribution >= 0.6 is 0 Å². The molecule has 1 aliphatic rings. The molecule has 136 valence electrons. The zero-order valence-corrected chi connectivity index (χ0v) is 15.0. The van der Waals surface area contributed by atoms with E-state index < -0.39 is 29.9 Å². The largest absolute Gasteiger partial charge is 0.459 e. The van der Waals surface area contributed by atoms with Gasteiger partial charge in [-0.15, -0.1) is 0 Å². The van der Waals surface area contributed by atoms with Crippen molar-refractivity contribution >= 4 is 17.8 Å². The monoisotopic (exact) mass is 347 g/mol. The fraction of sp³-hybridized carbons (Fsp3) is 0.526. The number of esters is 2. The molecule has 0 spiro atoms. The second-order valence-electron chi connectivity index (χ2n) is 6.95. The van der Waals surface area contributed by atoms with Crippen molar-refractivity contribution in [1.29, 1.82) is 0 Å². The summed E-state index contributed by atoms with van der Waals surface area (Å²) in [6.45, 7) is 7.51. The highest BCUT2D eigenvalue weighted by Crippen LogP contribution is 2.29. The van der Waals surface area contributed by atoms with Crippen LogP contribution in [0.15, 0.2) is 30.3 Å². The number of carbonyl (C=O) groups is 3. The van der Waals surface area contributed by atoms with Gasteiger partial charge in [0.15, 0.2) is 6.10 Å². The molecule has 0 saturated carbocycles. The molecule has 1 heterocycles. The van der Waals surface area contributed by atoms with Crippen molar-refractivity contribution in [2.24, 2.45) is 17.8 Å². The Hall–Kier alpha value is -2.37. The van der Waals surface area contributed by atoms with E-state index in [0.717, 1.165) is 5.56 Å². The second kappa shape index (κ2) is 8.14. The molecule has 6 heteroatoms. The lowest BCUT2D eigenvalue weighted by Gasteiger charge is -2.37. The van der Waals surface area contributed by atoms with Crippen LogP contribution in [0.4, 0.5) is 0 Å². The van der Waals surface area contributed by atoms with Crippen LogP contribution in [0, 0.1) is 17.8 Å². The van der Waals surface area contributed by atoms with Gasteiger partial charge in [0.05, 0.1) is 0 Å². The summed E-state index contributed by atoms with van der Waals surface area (Å²) in [5, 5.41) is 2.67. The highest BCUT2D eigenvalue weighted by Gasteiger charge is 2.49. The van der Waals surface area contributed by atoms with E-state index in [-0.39, 0.29) is 24.4 Å². The molecule has 3 atom stereocenters. The third-order valence-electron chi connectivity index (χ3n) is 4.26. The number of amides is 1. The van der Waals surface area contributed by atoms with Crippen LogP contribution in [0.3, 0.4) is 0 Å². The second-order valence-corrected chi connectivity index (χ2v) is 6.95. The molecule has 6 nitrogen and oxygen atoms in total. The van der Waals surface area contributed by atoms with Gasteiger partial charge in [-0.3, -0.25) is 9.59 Å². The molecule has 2 rings (SSSR count). The van der Waals surface area contributed by atoms with Gasteiger partial charge in [-0.25, -0.2) is 4.79 Å². The summed E-state index contributed by atoms with van der Waals surface area (Å²) < 4.78 is 10.3. The SMILES string of the molecule is CC(C)[C@H](NC(=O)[C@@H]1OC(=O)[C@H]1C(C)C)C(=O)OCc1ccccc1. The molecule has 1 aliphatic heterocycles. The first kappa shape index (κ1) is 19.0. The van der Waals surface area contributed by atoms with Crippen molar-refractivity contribution < 1.29 is 23.9 Å². The van der Waals surface area contributed by atoms with E-state index in [9.17, 15) is 14.4 Å². The maximum atomic E-state index is 12.4. The molecule has 1 saturated heterocycles. The minimum Gasteiger partial charge on any atom is -0.459 e. The fourth-order valence-corrected chi connectivity index (χ4v) is 2.72. The Balaban J connectivity index is 1.94. The van der Waals surface area contributed by atoms with E-state index >= 15 is 0 Å². The van der Waals surface area contributed by atoms with Gasteiger partial charge < -0.3 is 14.8 Å². The molecule has 1 aromatic carbocycles. The van der Waals surface area contributed by atoms with Crippen molar-refractivity contribution in [3.05, 3.63) is 35.9 Å². The number of hydrogen-bond donors (Lipinski definition) is 1. The van der Waals surface area contributed by atoms with E-state index in [1.807, 2.05) is 58.0 Å².